The van der Waals surface area contributed by atoms with Crippen LogP contribution in [-0.2, 0) is 4.79 Å². The summed E-state index contributed by atoms with van der Waals surface area (Å²) < 4.78 is 0.741. The van der Waals surface area contributed by atoms with Gasteiger partial charge in [-0.05, 0) is 22.0 Å². The van der Waals surface area contributed by atoms with Crippen molar-refractivity contribution in [2.75, 3.05) is 39.8 Å². The Bertz CT molecular complexity index is 503. The van der Waals surface area contributed by atoms with Crippen molar-refractivity contribution in [3.8, 4) is 0 Å². The van der Waals surface area contributed by atoms with Crippen LogP contribution in [0.5, 0.6) is 0 Å². The molecule has 108 valence electrons. The maximum absolute atomic E-state index is 12.2. The number of carbonyl (C=O) groups excluding carboxylic acids is 2. The average Bonchev–Trinajstić information content (AvgIpc) is 2.47. The lowest BCUT2D eigenvalue weighted by atomic mass is 10.2. The van der Waals surface area contributed by atoms with Gasteiger partial charge in [-0.3, -0.25) is 14.6 Å². The van der Waals surface area contributed by atoms with Gasteiger partial charge in [0.1, 0.15) is 0 Å². The molecule has 1 aliphatic heterocycles. The fourth-order valence-corrected chi connectivity index (χ4v) is 2.40. The molecule has 1 aromatic heterocycles. The molecular formula is C13H17BrN4O2. The first-order valence-electron chi connectivity index (χ1n) is 6.42. The van der Waals surface area contributed by atoms with Crippen LogP contribution in [0.4, 0.5) is 0 Å². The van der Waals surface area contributed by atoms with Crippen LogP contribution in [0.3, 0.4) is 0 Å². The Morgan fingerprint density at radius 1 is 1.40 bits per heavy atom. The van der Waals surface area contributed by atoms with E-state index in [9.17, 15) is 9.59 Å². The fraction of sp³-hybridized carbons (Fsp3) is 0.462. The number of piperazine rings is 1. The third-order valence-corrected chi connectivity index (χ3v) is 3.57. The molecule has 0 saturated carbocycles. The van der Waals surface area contributed by atoms with Crippen LogP contribution < -0.4 is 5.32 Å². The number of likely N-dealkylation sites (N-methyl/N-ethyl adjacent to an activating group) is 1. The smallest absolute Gasteiger partial charge is 0.255 e. The summed E-state index contributed by atoms with van der Waals surface area (Å²) in [5.41, 5.74) is 0.468. The normalized spacial score (nSPS) is 15.0. The van der Waals surface area contributed by atoms with Crippen molar-refractivity contribution in [2.45, 2.75) is 0 Å². The second kappa shape index (κ2) is 6.81. The molecule has 20 heavy (non-hydrogen) atoms. The molecule has 0 aromatic carbocycles. The molecule has 6 nitrogen and oxygen atoms in total. The maximum atomic E-state index is 12.2. The molecule has 2 amide bonds. The largest absolute Gasteiger partial charge is 0.339 e. The number of amides is 2. The molecule has 7 heteroatoms. The Kier molecular flexibility index (Phi) is 5.08. The summed E-state index contributed by atoms with van der Waals surface area (Å²) >= 11 is 3.28. The monoisotopic (exact) mass is 340 g/mol. The first-order valence-corrected chi connectivity index (χ1v) is 7.22. The number of carbonyl (C=O) groups is 2. The van der Waals surface area contributed by atoms with Gasteiger partial charge >= 0.3 is 0 Å². The van der Waals surface area contributed by atoms with E-state index in [1.165, 1.54) is 11.1 Å². The number of pyridine rings is 1. The van der Waals surface area contributed by atoms with E-state index < -0.39 is 0 Å². The van der Waals surface area contributed by atoms with Crippen molar-refractivity contribution in [3.63, 3.8) is 0 Å². The summed E-state index contributed by atoms with van der Waals surface area (Å²) in [6.45, 7) is 3.09. The molecular weight excluding hydrogens is 324 g/mol. The van der Waals surface area contributed by atoms with E-state index >= 15 is 0 Å². The van der Waals surface area contributed by atoms with E-state index in [-0.39, 0.29) is 18.4 Å². The van der Waals surface area contributed by atoms with Gasteiger partial charge in [-0.25, -0.2) is 0 Å². The first-order chi connectivity index (χ1) is 9.58. The molecule has 2 rings (SSSR count). The molecule has 0 unspecified atom stereocenters. The predicted octanol–water partition coefficient (Wildman–Crippen LogP) is 0.348. The minimum Gasteiger partial charge on any atom is -0.339 e. The minimum absolute atomic E-state index is 0.0229. The summed E-state index contributed by atoms with van der Waals surface area (Å²) in [5, 5.41) is 3.19. The van der Waals surface area contributed by atoms with E-state index in [0.29, 0.717) is 18.7 Å². The topological polar surface area (TPSA) is 65.5 Å². The summed E-state index contributed by atoms with van der Waals surface area (Å²) in [7, 11) is 1.63. The number of rotatable bonds is 3. The Balaban J connectivity index is 1.95. The van der Waals surface area contributed by atoms with Crippen molar-refractivity contribution in [2.24, 2.45) is 0 Å². The van der Waals surface area contributed by atoms with Gasteiger partial charge in [0.05, 0.1) is 12.1 Å². The minimum atomic E-state index is -0.206. The van der Waals surface area contributed by atoms with Crippen LogP contribution >= 0.6 is 15.9 Å². The molecule has 0 radical (unpaired) electrons. The summed E-state index contributed by atoms with van der Waals surface area (Å²) in [4.78, 5) is 31.4. The zero-order valence-corrected chi connectivity index (χ0v) is 12.9. The third-order valence-electron chi connectivity index (χ3n) is 3.14. The highest BCUT2D eigenvalue weighted by molar-refractivity contribution is 9.10. The van der Waals surface area contributed by atoms with Gasteiger partial charge in [0, 0.05) is 50.1 Å². The average molecular weight is 341 g/mol. The Labute approximate surface area is 126 Å². The fourth-order valence-electron chi connectivity index (χ4n) is 2.04. The van der Waals surface area contributed by atoms with Crippen molar-refractivity contribution < 1.29 is 9.59 Å². The zero-order valence-electron chi connectivity index (χ0n) is 11.3. The number of hydrogen-bond acceptors (Lipinski definition) is 4. The van der Waals surface area contributed by atoms with E-state index in [1.807, 2.05) is 0 Å². The molecule has 1 aliphatic rings. The zero-order chi connectivity index (χ0) is 14.5. The SMILES string of the molecule is CN(CC(=O)N1CCNCC1)C(=O)c1cncc(Br)c1. The van der Waals surface area contributed by atoms with Gasteiger partial charge in [0.15, 0.2) is 0 Å². The number of aromatic nitrogens is 1. The van der Waals surface area contributed by atoms with Gasteiger partial charge < -0.3 is 15.1 Å². The molecule has 0 spiro atoms. The molecule has 1 N–H and O–H groups in total. The van der Waals surface area contributed by atoms with Crippen molar-refractivity contribution in [3.05, 3.63) is 28.5 Å². The third kappa shape index (κ3) is 3.77. The van der Waals surface area contributed by atoms with Crippen molar-refractivity contribution >= 4 is 27.7 Å². The summed E-state index contributed by atoms with van der Waals surface area (Å²) in [6.07, 6.45) is 3.11. The highest BCUT2D eigenvalue weighted by Crippen LogP contribution is 2.11. The van der Waals surface area contributed by atoms with Gasteiger partial charge in [-0.15, -0.1) is 0 Å². The Hall–Kier alpha value is -1.47. The number of nitrogens with zero attached hydrogens (tertiary/aromatic N) is 3. The van der Waals surface area contributed by atoms with Gasteiger partial charge in [-0.2, -0.15) is 0 Å². The number of halogens is 1. The molecule has 0 aliphatic carbocycles. The second-order valence-corrected chi connectivity index (χ2v) is 5.60. The molecule has 2 heterocycles. The van der Waals surface area contributed by atoms with E-state index in [0.717, 1.165) is 17.6 Å². The molecule has 0 bridgehead atoms. The van der Waals surface area contributed by atoms with Crippen LogP contribution in [0.1, 0.15) is 10.4 Å². The molecule has 1 fully saturated rings. The van der Waals surface area contributed by atoms with E-state index in [1.54, 1.807) is 24.2 Å². The van der Waals surface area contributed by atoms with Gasteiger partial charge in [-0.1, -0.05) is 0 Å². The van der Waals surface area contributed by atoms with Gasteiger partial charge in [0.2, 0.25) is 5.91 Å². The highest BCUT2D eigenvalue weighted by Gasteiger charge is 2.20. The highest BCUT2D eigenvalue weighted by atomic mass is 79.9. The lowest BCUT2D eigenvalue weighted by Crippen LogP contribution is -2.49. The standard InChI is InChI=1S/C13H17BrN4O2/c1-17(9-12(19)18-4-2-15-3-5-18)13(20)10-6-11(14)8-16-7-10/h6-8,15H,2-5,9H2,1H3. The lowest BCUT2D eigenvalue weighted by molar-refractivity contribution is -0.132. The molecule has 1 aromatic rings. The van der Waals surface area contributed by atoms with E-state index in [2.05, 4.69) is 26.2 Å². The first kappa shape index (κ1) is 14.9. The van der Waals surface area contributed by atoms with Crippen LogP contribution in [0.15, 0.2) is 22.9 Å². The second-order valence-electron chi connectivity index (χ2n) is 4.68. The van der Waals surface area contributed by atoms with Gasteiger partial charge in [0.25, 0.3) is 5.91 Å². The van der Waals surface area contributed by atoms with Crippen LogP contribution in [-0.4, -0.2) is 66.4 Å². The summed E-state index contributed by atoms with van der Waals surface area (Å²) in [5.74, 6) is -0.229. The molecule has 1 saturated heterocycles. The van der Waals surface area contributed by atoms with Crippen LogP contribution in [0.2, 0.25) is 0 Å². The lowest BCUT2D eigenvalue weighted by Gasteiger charge is -2.29. The van der Waals surface area contributed by atoms with Crippen LogP contribution in [0.25, 0.3) is 0 Å². The number of hydrogen-bond donors (Lipinski definition) is 1. The molecule has 0 atom stereocenters. The van der Waals surface area contributed by atoms with Crippen molar-refractivity contribution in [1.82, 2.24) is 20.1 Å². The van der Waals surface area contributed by atoms with Crippen LogP contribution in [0, 0.1) is 0 Å². The Morgan fingerprint density at radius 2 is 2.10 bits per heavy atom. The maximum Gasteiger partial charge on any atom is 0.255 e. The van der Waals surface area contributed by atoms with E-state index in [4.69, 9.17) is 0 Å². The number of nitrogens with one attached hydrogen (secondary N) is 1. The quantitative estimate of drug-likeness (QED) is 0.862. The predicted molar refractivity (Wildman–Crippen MR) is 78.3 cm³/mol. The van der Waals surface area contributed by atoms with Crippen molar-refractivity contribution in [1.29, 1.82) is 0 Å². The Morgan fingerprint density at radius 3 is 2.75 bits per heavy atom. The summed E-state index contributed by atoms with van der Waals surface area (Å²) in [6, 6.07) is 1.70.